The molecular weight excluding hydrogens is 273 g/mol. The molecule has 0 saturated heterocycles. The molecule has 6 nitrogen and oxygen atoms in total. The maximum Gasteiger partial charge on any atom is 0.275 e. The van der Waals surface area contributed by atoms with Gasteiger partial charge in [0, 0.05) is 0 Å². The maximum atomic E-state index is 13.6. The number of amides is 1. The molecule has 2 rings (SSSR count). The number of halogens is 2. The van der Waals surface area contributed by atoms with Crippen molar-refractivity contribution in [3.8, 4) is 0 Å². The molecule has 0 radical (unpaired) electrons. The van der Waals surface area contributed by atoms with Crippen LogP contribution in [0.25, 0.3) is 0 Å². The molecule has 0 aliphatic rings. The second-order valence-corrected chi connectivity index (χ2v) is 3.89. The lowest BCUT2D eigenvalue weighted by atomic mass is 10.3. The molecule has 0 saturated carbocycles. The molecule has 4 N–H and O–H groups in total. The van der Waals surface area contributed by atoms with Crippen LogP contribution in [0.2, 0.25) is 5.02 Å². The van der Waals surface area contributed by atoms with E-state index in [1.165, 1.54) is 30.6 Å². The van der Waals surface area contributed by atoms with Crippen molar-refractivity contribution < 1.29 is 9.18 Å². The lowest BCUT2D eigenvalue weighted by Gasteiger charge is -2.06. The highest BCUT2D eigenvalue weighted by atomic mass is 35.5. The summed E-state index contributed by atoms with van der Waals surface area (Å²) < 4.78 is 13.6. The smallest absolute Gasteiger partial charge is 0.275 e. The Morgan fingerprint density at radius 1 is 1.32 bits per heavy atom. The van der Waals surface area contributed by atoms with Crippen LogP contribution in [-0.4, -0.2) is 15.9 Å². The average molecular weight is 282 g/mol. The molecule has 2 aromatic rings. The van der Waals surface area contributed by atoms with Crippen LogP contribution in [0.1, 0.15) is 10.5 Å². The van der Waals surface area contributed by atoms with E-state index in [1.54, 1.807) is 0 Å². The van der Waals surface area contributed by atoms with E-state index in [-0.39, 0.29) is 16.4 Å². The highest BCUT2D eigenvalue weighted by Crippen LogP contribution is 2.22. The van der Waals surface area contributed by atoms with E-state index in [4.69, 9.17) is 17.4 Å². The summed E-state index contributed by atoms with van der Waals surface area (Å²) in [5.74, 6) is 4.13. The summed E-state index contributed by atoms with van der Waals surface area (Å²) in [4.78, 5) is 19.4. The zero-order valence-corrected chi connectivity index (χ0v) is 10.3. The largest absolute Gasteiger partial charge is 0.318 e. The lowest BCUT2D eigenvalue weighted by molar-refractivity contribution is 0.102. The molecule has 19 heavy (non-hydrogen) atoms. The van der Waals surface area contributed by atoms with E-state index in [1.807, 2.05) is 0 Å². The molecular formula is C11H9ClFN5O. The number of rotatable bonds is 3. The summed E-state index contributed by atoms with van der Waals surface area (Å²) in [6.45, 7) is 0. The van der Waals surface area contributed by atoms with Gasteiger partial charge in [-0.15, -0.1) is 0 Å². The first-order valence-corrected chi connectivity index (χ1v) is 5.53. The van der Waals surface area contributed by atoms with Crippen LogP contribution in [-0.2, 0) is 0 Å². The number of benzene rings is 1. The Morgan fingerprint density at radius 3 is 2.74 bits per heavy atom. The third-order valence-electron chi connectivity index (χ3n) is 2.23. The summed E-state index contributed by atoms with van der Waals surface area (Å²) in [6, 6.07) is 4.30. The van der Waals surface area contributed by atoms with Crippen LogP contribution in [0.5, 0.6) is 0 Å². The van der Waals surface area contributed by atoms with Gasteiger partial charge in [0.15, 0.2) is 11.6 Å². The summed E-state index contributed by atoms with van der Waals surface area (Å²) in [5.41, 5.74) is 2.28. The third-order valence-corrected chi connectivity index (χ3v) is 2.52. The monoisotopic (exact) mass is 281 g/mol. The minimum atomic E-state index is -0.703. The number of carbonyl (C=O) groups is 1. The first-order chi connectivity index (χ1) is 9.11. The van der Waals surface area contributed by atoms with Gasteiger partial charge in [-0.05, 0) is 12.1 Å². The summed E-state index contributed by atoms with van der Waals surface area (Å²) in [5, 5.41) is 2.28. The van der Waals surface area contributed by atoms with Crippen molar-refractivity contribution >= 4 is 29.0 Å². The second kappa shape index (κ2) is 5.59. The van der Waals surface area contributed by atoms with Crippen LogP contribution >= 0.6 is 11.6 Å². The number of aromatic nitrogens is 2. The molecule has 98 valence electrons. The first-order valence-electron chi connectivity index (χ1n) is 5.16. The number of anilines is 2. The van der Waals surface area contributed by atoms with Crippen molar-refractivity contribution in [3.63, 3.8) is 0 Å². The number of carbonyl (C=O) groups excluding carboxylic acids is 1. The van der Waals surface area contributed by atoms with E-state index in [0.29, 0.717) is 5.82 Å². The van der Waals surface area contributed by atoms with Crippen LogP contribution in [0.15, 0.2) is 30.6 Å². The van der Waals surface area contributed by atoms with E-state index >= 15 is 0 Å². The minimum absolute atomic E-state index is 0.0263. The van der Waals surface area contributed by atoms with Crippen LogP contribution in [0.3, 0.4) is 0 Å². The van der Waals surface area contributed by atoms with Crippen molar-refractivity contribution in [2.24, 2.45) is 5.84 Å². The molecule has 0 unspecified atom stereocenters. The lowest BCUT2D eigenvalue weighted by Crippen LogP contribution is -2.16. The van der Waals surface area contributed by atoms with Crippen LogP contribution in [0.4, 0.5) is 15.9 Å². The fourth-order valence-electron chi connectivity index (χ4n) is 1.31. The van der Waals surface area contributed by atoms with E-state index in [2.05, 4.69) is 20.7 Å². The fraction of sp³-hybridized carbons (Fsp3) is 0. The summed E-state index contributed by atoms with van der Waals surface area (Å²) in [7, 11) is 0. The van der Waals surface area contributed by atoms with Crippen molar-refractivity contribution in [1.82, 2.24) is 9.97 Å². The molecule has 1 aromatic heterocycles. The van der Waals surface area contributed by atoms with Crippen LogP contribution in [0, 0.1) is 5.82 Å². The molecule has 1 amide bonds. The predicted octanol–water partition coefficient (Wildman–Crippen LogP) is 1.81. The average Bonchev–Trinajstić information content (AvgIpc) is 2.44. The van der Waals surface area contributed by atoms with Gasteiger partial charge in [0.25, 0.3) is 5.91 Å². The highest BCUT2D eigenvalue weighted by Gasteiger charge is 2.12. The number of nitrogens with zero attached hydrogens (tertiary/aromatic N) is 2. The van der Waals surface area contributed by atoms with Crippen LogP contribution < -0.4 is 16.6 Å². The maximum absolute atomic E-state index is 13.6. The SMILES string of the molecule is NNc1cnc(C(=O)Nc2cccc(Cl)c2F)cn1. The van der Waals surface area contributed by atoms with E-state index in [9.17, 15) is 9.18 Å². The Kier molecular flexibility index (Phi) is 3.88. The van der Waals surface area contributed by atoms with Crippen molar-refractivity contribution in [3.05, 3.63) is 47.1 Å². The standard InChI is InChI=1S/C11H9ClFN5O/c12-6-2-1-3-7(10(6)13)17-11(19)8-4-16-9(18-14)5-15-8/h1-5H,14H2,(H,16,18)(H,17,19). The third kappa shape index (κ3) is 2.95. The Morgan fingerprint density at radius 2 is 2.11 bits per heavy atom. The zero-order valence-electron chi connectivity index (χ0n) is 9.52. The number of hydrazine groups is 1. The van der Waals surface area contributed by atoms with Gasteiger partial charge in [-0.1, -0.05) is 17.7 Å². The Balaban J connectivity index is 2.18. The molecule has 1 aromatic carbocycles. The zero-order chi connectivity index (χ0) is 13.8. The minimum Gasteiger partial charge on any atom is -0.318 e. The quantitative estimate of drug-likeness (QED) is 0.589. The molecule has 0 atom stereocenters. The Hall–Kier alpha value is -2.25. The molecule has 8 heteroatoms. The topological polar surface area (TPSA) is 92.9 Å². The van der Waals surface area contributed by atoms with Gasteiger partial charge in [0.2, 0.25) is 0 Å². The van der Waals surface area contributed by atoms with Gasteiger partial charge < -0.3 is 10.7 Å². The van der Waals surface area contributed by atoms with Gasteiger partial charge >= 0.3 is 0 Å². The van der Waals surface area contributed by atoms with E-state index in [0.717, 1.165) is 0 Å². The molecule has 0 fully saturated rings. The van der Waals surface area contributed by atoms with Gasteiger partial charge in [-0.2, -0.15) is 0 Å². The number of hydrogen-bond donors (Lipinski definition) is 3. The van der Waals surface area contributed by atoms with Gasteiger partial charge in [-0.25, -0.2) is 20.2 Å². The summed E-state index contributed by atoms with van der Waals surface area (Å²) in [6.07, 6.45) is 2.50. The summed E-state index contributed by atoms with van der Waals surface area (Å²) >= 11 is 5.61. The van der Waals surface area contributed by atoms with Crippen molar-refractivity contribution in [2.75, 3.05) is 10.7 Å². The van der Waals surface area contributed by atoms with Gasteiger partial charge in [0.1, 0.15) is 5.69 Å². The predicted molar refractivity (Wildman–Crippen MR) is 69.2 cm³/mol. The molecule has 0 spiro atoms. The normalized spacial score (nSPS) is 10.1. The Bertz CT molecular complexity index is 605. The number of hydrogen-bond acceptors (Lipinski definition) is 5. The molecule has 0 bridgehead atoms. The first kappa shape index (κ1) is 13.2. The number of nitrogens with two attached hydrogens (primary N) is 1. The van der Waals surface area contributed by atoms with E-state index < -0.39 is 11.7 Å². The van der Waals surface area contributed by atoms with Gasteiger partial charge in [0.05, 0.1) is 23.1 Å². The van der Waals surface area contributed by atoms with Crippen molar-refractivity contribution in [2.45, 2.75) is 0 Å². The number of nitrogen functional groups attached to an aromatic ring is 1. The number of nitrogens with one attached hydrogen (secondary N) is 2. The molecule has 0 aliphatic heterocycles. The molecule has 1 heterocycles. The Labute approximate surface area is 112 Å². The molecule has 0 aliphatic carbocycles. The van der Waals surface area contributed by atoms with Crippen molar-refractivity contribution in [1.29, 1.82) is 0 Å². The highest BCUT2D eigenvalue weighted by molar-refractivity contribution is 6.31. The fourth-order valence-corrected chi connectivity index (χ4v) is 1.48. The second-order valence-electron chi connectivity index (χ2n) is 3.49. The van der Waals surface area contributed by atoms with Gasteiger partial charge in [-0.3, -0.25) is 4.79 Å².